The number of fused-ring (bicyclic) bond motifs is 2. The number of carboxylic acid groups (broad SMARTS) is 1. The van der Waals surface area contributed by atoms with Crippen LogP contribution in [0.1, 0.15) is 12.0 Å². The van der Waals surface area contributed by atoms with Crippen LogP contribution in [-0.4, -0.2) is 17.0 Å². The van der Waals surface area contributed by atoms with Crippen LogP contribution in [-0.2, 0) is 16.1 Å². The van der Waals surface area contributed by atoms with Gasteiger partial charge in [-0.1, -0.05) is 42.5 Å². The van der Waals surface area contributed by atoms with Crippen molar-refractivity contribution in [2.24, 2.45) is 23.7 Å². The van der Waals surface area contributed by atoms with Gasteiger partial charge in [0, 0.05) is 6.54 Å². The van der Waals surface area contributed by atoms with Crippen LogP contribution in [0.15, 0.2) is 42.5 Å². The molecule has 0 radical (unpaired) electrons. The molecule has 0 aromatic heterocycles. The first kappa shape index (κ1) is 12.9. The third-order valence-electron chi connectivity index (χ3n) is 4.36. The zero-order chi connectivity index (χ0) is 14.1. The summed E-state index contributed by atoms with van der Waals surface area (Å²) >= 11 is 0. The third-order valence-corrected chi connectivity index (χ3v) is 4.36. The Morgan fingerprint density at radius 2 is 1.75 bits per heavy atom. The summed E-state index contributed by atoms with van der Waals surface area (Å²) in [6, 6.07) is 9.64. The maximum atomic E-state index is 12.3. The van der Waals surface area contributed by atoms with Gasteiger partial charge in [0.2, 0.25) is 5.91 Å². The molecule has 1 amide bonds. The van der Waals surface area contributed by atoms with E-state index < -0.39 is 17.8 Å². The predicted molar refractivity (Wildman–Crippen MR) is 73.6 cm³/mol. The third kappa shape index (κ3) is 2.22. The van der Waals surface area contributed by atoms with E-state index in [1.165, 1.54) is 0 Å². The van der Waals surface area contributed by atoms with Crippen molar-refractivity contribution in [1.82, 2.24) is 5.32 Å². The molecule has 2 bridgehead atoms. The van der Waals surface area contributed by atoms with E-state index in [4.69, 9.17) is 0 Å². The van der Waals surface area contributed by atoms with Crippen molar-refractivity contribution < 1.29 is 14.7 Å². The Bertz CT molecular complexity index is 552. The van der Waals surface area contributed by atoms with E-state index in [1.54, 1.807) is 0 Å². The molecule has 104 valence electrons. The standard InChI is InChI=1S/C16H17NO3/c18-15(17-9-10-4-2-1-3-5-10)13-11-6-7-12(8-11)14(13)16(19)20/h1-7,11-14H,8-9H2,(H,17,18)(H,19,20)/t11-,12-,13+,14-/m0/s1. The number of allylic oxidation sites excluding steroid dienone is 2. The Balaban J connectivity index is 1.68. The quantitative estimate of drug-likeness (QED) is 0.821. The van der Waals surface area contributed by atoms with Gasteiger partial charge < -0.3 is 10.4 Å². The Morgan fingerprint density at radius 1 is 1.10 bits per heavy atom. The highest BCUT2D eigenvalue weighted by atomic mass is 16.4. The van der Waals surface area contributed by atoms with Crippen LogP contribution in [0.4, 0.5) is 0 Å². The van der Waals surface area contributed by atoms with Crippen LogP contribution in [0, 0.1) is 23.7 Å². The number of carboxylic acids is 1. The highest BCUT2D eigenvalue weighted by molar-refractivity contribution is 5.86. The van der Waals surface area contributed by atoms with Crippen molar-refractivity contribution >= 4 is 11.9 Å². The van der Waals surface area contributed by atoms with E-state index in [1.807, 2.05) is 42.5 Å². The second-order valence-corrected chi connectivity index (χ2v) is 5.54. The fourth-order valence-electron chi connectivity index (χ4n) is 3.42. The number of aliphatic carboxylic acids is 1. The minimum Gasteiger partial charge on any atom is -0.481 e. The number of nitrogens with one attached hydrogen (secondary N) is 1. The van der Waals surface area contributed by atoms with Crippen LogP contribution in [0.2, 0.25) is 0 Å². The maximum Gasteiger partial charge on any atom is 0.307 e. The number of benzene rings is 1. The lowest BCUT2D eigenvalue weighted by atomic mass is 9.82. The van der Waals surface area contributed by atoms with Crippen LogP contribution in [0.3, 0.4) is 0 Å². The van der Waals surface area contributed by atoms with Gasteiger partial charge >= 0.3 is 5.97 Å². The van der Waals surface area contributed by atoms with Crippen molar-refractivity contribution in [3.05, 3.63) is 48.0 Å². The molecule has 0 saturated heterocycles. The molecule has 4 heteroatoms. The molecule has 1 saturated carbocycles. The molecule has 20 heavy (non-hydrogen) atoms. The minimum absolute atomic E-state index is 0.0185. The largest absolute Gasteiger partial charge is 0.481 e. The summed E-state index contributed by atoms with van der Waals surface area (Å²) in [4.78, 5) is 23.7. The lowest BCUT2D eigenvalue weighted by molar-refractivity contribution is -0.147. The molecule has 2 aliphatic carbocycles. The average molecular weight is 271 g/mol. The van der Waals surface area contributed by atoms with Gasteiger partial charge in [-0.25, -0.2) is 0 Å². The summed E-state index contributed by atoms with van der Waals surface area (Å²) in [7, 11) is 0. The van der Waals surface area contributed by atoms with Gasteiger partial charge in [0.05, 0.1) is 11.8 Å². The van der Waals surface area contributed by atoms with Crippen molar-refractivity contribution in [3.8, 4) is 0 Å². The predicted octanol–water partition coefficient (Wildman–Crippen LogP) is 1.83. The van der Waals surface area contributed by atoms with Crippen molar-refractivity contribution in [3.63, 3.8) is 0 Å². The maximum absolute atomic E-state index is 12.3. The van der Waals surface area contributed by atoms with E-state index in [0.717, 1.165) is 12.0 Å². The van der Waals surface area contributed by atoms with Gasteiger partial charge in [-0.05, 0) is 23.8 Å². The number of hydrogen-bond acceptors (Lipinski definition) is 2. The monoisotopic (exact) mass is 271 g/mol. The molecular weight excluding hydrogens is 254 g/mol. The highest BCUT2D eigenvalue weighted by Gasteiger charge is 2.51. The average Bonchev–Trinajstić information content (AvgIpc) is 3.06. The van der Waals surface area contributed by atoms with E-state index in [9.17, 15) is 14.7 Å². The topological polar surface area (TPSA) is 66.4 Å². The van der Waals surface area contributed by atoms with Gasteiger partial charge in [0.25, 0.3) is 0 Å². The van der Waals surface area contributed by atoms with E-state index in [-0.39, 0.29) is 17.7 Å². The molecular formula is C16H17NO3. The van der Waals surface area contributed by atoms with Gasteiger partial charge in [-0.2, -0.15) is 0 Å². The number of amides is 1. The fraction of sp³-hybridized carbons (Fsp3) is 0.375. The summed E-state index contributed by atoms with van der Waals surface area (Å²) < 4.78 is 0. The molecule has 2 aliphatic rings. The van der Waals surface area contributed by atoms with Crippen molar-refractivity contribution in [2.75, 3.05) is 0 Å². The molecule has 1 aromatic rings. The van der Waals surface area contributed by atoms with Crippen molar-refractivity contribution in [2.45, 2.75) is 13.0 Å². The Morgan fingerprint density at radius 3 is 2.40 bits per heavy atom. The molecule has 3 rings (SSSR count). The number of hydrogen-bond donors (Lipinski definition) is 2. The van der Waals surface area contributed by atoms with Gasteiger partial charge in [0.15, 0.2) is 0 Å². The normalized spacial score (nSPS) is 30.4. The summed E-state index contributed by atoms with van der Waals surface area (Å²) in [5.41, 5.74) is 1.02. The van der Waals surface area contributed by atoms with Crippen LogP contribution >= 0.6 is 0 Å². The summed E-state index contributed by atoms with van der Waals surface area (Å²) in [6.45, 7) is 0.448. The summed E-state index contributed by atoms with van der Waals surface area (Å²) in [5.74, 6) is -1.89. The minimum atomic E-state index is -0.860. The summed E-state index contributed by atoms with van der Waals surface area (Å²) in [5, 5.41) is 12.2. The van der Waals surface area contributed by atoms with E-state index >= 15 is 0 Å². The van der Waals surface area contributed by atoms with E-state index in [0.29, 0.717) is 6.54 Å². The molecule has 0 heterocycles. The lowest BCUT2D eigenvalue weighted by Gasteiger charge is -2.23. The first-order valence-corrected chi connectivity index (χ1v) is 6.89. The molecule has 1 aromatic carbocycles. The zero-order valence-corrected chi connectivity index (χ0v) is 11.0. The van der Waals surface area contributed by atoms with Gasteiger partial charge in [0.1, 0.15) is 0 Å². The molecule has 4 nitrogen and oxygen atoms in total. The number of rotatable bonds is 4. The van der Waals surface area contributed by atoms with Crippen LogP contribution in [0.5, 0.6) is 0 Å². The Kier molecular flexibility index (Phi) is 3.30. The molecule has 0 aliphatic heterocycles. The molecule has 0 unspecified atom stereocenters. The molecule has 1 fully saturated rings. The molecule has 2 N–H and O–H groups in total. The highest BCUT2D eigenvalue weighted by Crippen LogP contribution is 2.48. The zero-order valence-electron chi connectivity index (χ0n) is 11.0. The van der Waals surface area contributed by atoms with Crippen LogP contribution in [0.25, 0.3) is 0 Å². The van der Waals surface area contributed by atoms with Crippen LogP contribution < -0.4 is 5.32 Å². The van der Waals surface area contributed by atoms with Gasteiger partial charge in [-0.15, -0.1) is 0 Å². The smallest absolute Gasteiger partial charge is 0.307 e. The lowest BCUT2D eigenvalue weighted by Crippen LogP contribution is -2.39. The van der Waals surface area contributed by atoms with E-state index in [2.05, 4.69) is 5.32 Å². The fourth-order valence-corrected chi connectivity index (χ4v) is 3.42. The first-order chi connectivity index (χ1) is 9.66. The Labute approximate surface area is 117 Å². The first-order valence-electron chi connectivity index (χ1n) is 6.89. The van der Waals surface area contributed by atoms with Gasteiger partial charge in [-0.3, -0.25) is 9.59 Å². The molecule has 0 spiro atoms. The Hall–Kier alpha value is -2.10. The van der Waals surface area contributed by atoms with Crippen molar-refractivity contribution in [1.29, 1.82) is 0 Å². The number of carbonyl (C=O) groups is 2. The second-order valence-electron chi connectivity index (χ2n) is 5.54. The second kappa shape index (κ2) is 5.12. The number of carbonyl (C=O) groups excluding carboxylic acids is 1. The summed E-state index contributed by atoms with van der Waals surface area (Å²) in [6.07, 6.45) is 4.74. The SMILES string of the molecule is O=C(O)[C@@H]1[C@H](C(=O)NCc2ccccc2)[C@H]2C=C[C@H]1C2. The molecule has 4 atom stereocenters.